The third-order valence-electron chi connectivity index (χ3n) is 1.35. The second kappa shape index (κ2) is 7.58. The third-order valence-corrected chi connectivity index (χ3v) is 2.14. The number of hydrogen-bond donors (Lipinski definition) is 0. The Hall–Kier alpha value is 1.34. The average molecular weight is 258 g/mol. The van der Waals surface area contributed by atoms with Gasteiger partial charge in [-0.2, -0.15) is 13.2 Å². The Morgan fingerprint density at radius 2 is 1.57 bits per heavy atom. The van der Waals surface area contributed by atoms with Crippen molar-refractivity contribution in [2.75, 3.05) is 5.75 Å². The van der Waals surface area contributed by atoms with Gasteiger partial charge in [0.2, 0.25) is 0 Å². The van der Waals surface area contributed by atoms with Crippen molar-refractivity contribution in [3.63, 3.8) is 0 Å². The van der Waals surface area contributed by atoms with E-state index in [2.05, 4.69) is 0 Å². The topological polar surface area (TPSA) is 57.2 Å². The molecule has 0 aromatic carbocycles. The van der Waals surface area contributed by atoms with Crippen LogP contribution in [0.15, 0.2) is 0 Å². The predicted octanol–water partition coefficient (Wildman–Crippen LogP) is -1.34. The monoisotopic (exact) mass is 258 g/mol. The maximum Gasteiger partial charge on any atom is 1.00 e. The van der Waals surface area contributed by atoms with Crippen molar-refractivity contribution in [2.45, 2.75) is 31.9 Å². The molecular formula is C6H10F3KO3S. The number of rotatable bonds is 5. The van der Waals surface area contributed by atoms with E-state index in [4.69, 9.17) is 0 Å². The third kappa shape index (κ3) is 15.8. The summed E-state index contributed by atoms with van der Waals surface area (Å²) in [7, 11) is -4.27. The summed E-state index contributed by atoms with van der Waals surface area (Å²) >= 11 is 0. The van der Waals surface area contributed by atoms with Crippen molar-refractivity contribution in [1.82, 2.24) is 0 Å². The number of halogens is 3. The standard InChI is InChI=1S/C6H11F3O3S.K/c7-6(8,9)4-2-1-3-5-13(10,11)12;/h1-5H2,(H,10,11,12);/q;+1/p-1. The molecule has 8 heteroatoms. The fraction of sp³-hybridized carbons (Fsp3) is 1.00. The molecule has 0 amide bonds. The number of hydrogen-bond acceptors (Lipinski definition) is 3. The fourth-order valence-corrected chi connectivity index (χ4v) is 1.34. The van der Waals surface area contributed by atoms with Crippen molar-refractivity contribution in [2.24, 2.45) is 0 Å². The predicted molar refractivity (Wildman–Crippen MR) is 39.1 cm³/mol. The summed E-state index contributed by atoms with van der Waals surface area (Å²) in [6.45, 7) is 0. The van der Waals surface area contributed by atoms with Gasteiger partial charge in [-0.05, 0) is 12.8 Å². The first-order valence-corrected chi connectivity index (χ1v) is 5.29. The van der Waals surface area contributed by atoms with Crippen LogP contribution in [0.4, 0.5) is 13.2 Å². The summed E-state index contributed by atoms with van der Waals surface area (Å²) in [5.74, 6) is -0.579. The van der Waals surface area contributed by atoms with Crippen LogP contribution in [0.1, 0.15) is 25.7 Å². The molecule has 0 radical (unpaired) electrons. The van der Waals surface area contributed by atoms with Crippen LogP contribution in [0.2, 0.25) is 0 Å². The minimum absolute atomic E-state index is 0. The molecule has 0 saturated heterocycles. The molecule has 14 heavy (non-hydrogen) atoms. The average Bonchev–Trinajstić information content (AvgIpc) is 1.81. The minimum atomic E-state index is -4.27. The first-order chi connectivity index (χ1) is 5.71. The quantitative estimate of drug-likeness (QED) is 0.348. The Morgan fingerprint density at radius 1 is 1.07 bits per heavy atom. The molecule has 0 atom stereocenters. The zero-order valence-corrected chi connectivity index (χ0v) is 11.7. The molecule has 0 unspecified atom stereocenters. The molecule has 0 aliphatic rings. The van der Waals surface area contributed by atoms with E-state index in [1.807, 2.05) is 0 Å². The first-order valence-electron chi connectivity index (χ1n) is 3.71. The molecule has 3 nitrogen and oxygen atoms in total. The van der Waals surface area contributed by atoms with Crippen LogP contribution in [0.25, 0.3) is 0 Å². The van der Waals surface area contributed by atoms with E-state index < -0.39 is 28.5 Å². The van der Waals surface area contributed by atoms with Gasteiger partial charge in [0, 0.05) is 12.2 Å². The molecular weight excluding hydrogens is 248 g/mol. The summed E-state index contributed by atoms with van der Waals surface area (Å²) in [6.07, 6.45) is -5.13. The van der Waals surface area contributed by atoms with Crippen molar-refractivity contribution in [1.29, 1.82) is 0 Å². The molecule has 0 heterocycles. The van der Waals surface area contributed by atoms with E-state index in [0.717, 1.165) is 0 Å². The van der Waals surface area contributed by atoms with E-state index in [1.54, 1.807) is 0 Å². The Labute approximate surface area is 124 Å². The van der Waals surface area contributed by atoms with Crippen LogP contribution in [0.3, 0.4) is 0 Å². The first kappa shape index (κ1) is 17.7. The summed E-state index contributed by atoms with van der Waals surface area (Å²) in [5.41, 5.74) is 0. The smallest absolute Gasteiger partial charge is 0.748 e. The van der Waals surface area contributed by atoms with Gasteiger partial charge in [0.1, 0.15) is 0 Å². The van der Waals surface area contributed by atoms with Gasteiger partial charge in [-0.25, -0.2) is 8.42 Å². The Kier molecular flexibility index (Phi) is 9.60. The minimum Gasteiger partial charge on any atom is -0.748 e. The van der Waals surface area contributed by atoms with E-state index in [9.17, 15) is 26.1 Å². The maximum absolute atomic E-state index is 11.5. The summed E-state index contributed by atoms with van der Waals surface area (Å²) < 4.78 is 64.7. The van der Waals surface area contributed by atoms with Gasteiger partial charge in [-0.15, -0.1) is 0 Å². The second-order valence-electron chi connectivity index (χ2n) is 2.69. The zero-order valence-electron chi connectivity index (χ0n) is 7.80. The van der Waals surface area contributed by atoms with Crippen LogP contribution in [-0.4, -0.2) is 24.9 Å². The molecule has 0 bridgehead atoms. The Balaban J connectivity index is 0. The molecule has 80 valence electrons. The molecule has 0 rings (SSSR count). The number of unbranched alkanes of at least 4 members (excludes halogenated alkanes) is 2. The zero-order chi connectivity index (χ0) is 10.5. The normalized spacial score (nSPS) is 12.3. The fourth-order valence-electron chi connectivity index (χ4n) is 0.781. The van der Waals surface area contributed by atoms with E-state index in [1.165, 1.54) is 0 Å². The molecule has 0 aliphatic heterocycles. The maximum atomic E-state index is 11.5. The van der Waals surface area contributed by atoms with E-state index in [0.29, 0.717) is 0 Å². The van der Waals surface area contributed by atoms with Gasteiger partial charge < -0.3 is 4.55 Å². The largest absolute Gasteiger partial charge is 1.00 e. The van der Waals surface area contributed by atoms with Gasteiger partial charge in [-0.1, -0.05) is 6.42 Å². The van der Waals surface area contributed by atoms with Crippen LogP contribution >= 0.6 is 0 Å². The van der Waals surface area contributed by atoms with Crippen LogP contribution in [0, 0.1) is 0 Å². The van der Waals surface area contributed by atoms with Crippen molar-refractivity contribution >= 4 is 10.1 Å². The van der Waals surface area contributed by atoms with Crippen molar-refractivity contribution in [3.05, 3.63) is 0 Å². The summed E-state index contributed by atoms with van der Waals surface area (Å²) in [6, 6.07) is 0. The van der Waals surface area contributed by atoms with Gasteiger partial charge in [-0.3, -0.25) is 0 Å². The second-order valence-corrected chi connectivity index (χ2v) is 4.21. The Bertz CT molecular complexity index is 237. The van der Waals surface area contributed by atoms with Crippen LogP contribution in [-0.2, 0) is 10.1 Å². The molecule has 0 saturated carbocycles. The van der Waals surface area contributed by atoms with E-state index >= 15 is 0 Å². The van der Waals surface area contributed by atoms with Crippen LogP contribution < -0.4 is 51.4 Å². The van der Waals surface area contributed by atoms with Crippen molar-refractivity contribution in [3.8, 4) is 0 Å². The molecule has 0 aliphatic carbocycles. The van der Waals surface area contributed by atoms with Gasteiger partial charge >= 0.3 is 57.6 Å². The molecule has 0 spiro atoms. The molecule has 0 N–H and O–H groups in total. The van der Waals surface area contributed by atoms with Crippen molar-refractivity contribution < 1.29 is 77.5 Å². The van der Waals surface area contributed by atoms with E-state index in [-0.39, 0.29) is 70.6 Å². The van der Waals surface area contributed by atoms with Gasteiger partial charge in [0.15, 0.2) is 0 Å². The SMILES string of the molecule is O=S(=O)([O-])CCCCCC(F)(F)F.[K+]. The molecule has 0 aromatic rings. The van der Waals surface area contributed by atoms with Gasteiger partial charge in [0.05, 0.1) is 10.1 Å². The molecule has 0 fully saturated rings. The number of alkyl halides is 3. The summed E-state index contributed by atoms with van der Waals surface area (Å²) in [4.78, 5) is 0. The molecule has 0 aromatic heterocycles. The summed E-state index contributed by atoms with van der Waals surface area (Å²) in [5, 5.41) is 0. The van der Waals surface area contributed by atoms with Crippen LogP contribution in [0.5, 0.6) is 0 Å². The van der Waals surface area contributed by atoms with Gasteiger partial charge in [0.25, 0.3) is 0 Å². The Morgan fingerprint density at radius 3 is 1.93 bits per heavy atom.